The summed E-state index contributed by atoms with van der Waals surface area (Å²) in [6.07, 6.45) is 1.94. The summed E-state index contributed by atoms with van der Waals surface area (Å²) in [7, 11) is 1.70. The van der Waals surface area contributed by atoms with Crippen molar-refractivity contribution in [2.45, 2.75) is 19.4 Å². The van der Waals surface area contributed by atoms with Gasteiger partial charge in [0.1, 0.15) is 5.75 Å². The summed E-state index contributed by atoms with van der Waals surface area (Å²) in [6, 6.07) is 12.0. The minimum absolute atomic E-state index is 0.0243. The van der Waals surface area contributed by atoms with Crippen molar-refractivity contribution in [2.75, 3.05) is 51.3 Å². The van der Waals surface area contributed by atoms with Gasteiger partial charge in [-0.3, -0.25) is 9.69 Å². The van der Waals surface area contributed by atoms with Crippen LogP contribution in [-0.2, 0) is 11.3 Å². The molecule has 5 rings (SSSR count). The molecule has 174 valence electrons. The molecular weight excluding hydrogens is 438 g/mol. The van der Waals surface area contributed by atoms with Crippen LogP contribution in [0.5, 0.6) is 5.75 Å². The monoisotopic (exact) mass is 467 g/mol. The molecular formula is C24H29N5O3S. The molecule has 1 unspecified atom stereocenters. The minimum atomic E-state index is 0.0243. The van der Waals surface area contributed by atoms with E-state index in [0.29, 0.717) is 18.3 Å². The van der Waals surface area contributed by atoms with Gasteiger partial charge in [0.2, 0.25) is 17.6 Å². The lowest BCUT2D eigenvalue weighted by molar-refractivity contribution is -0.137. The van der Waals surface area contributed by atoms with Crippen LogP contribution in [0.25, 0.3) is 10.7 Å². The number of amides is 1. The van der Waals surface area contributed by atoms with Crippen molar-refractivity contribution in [1.82, 2.24) is 19.9 Å². The normalized spacial score (nSPS) is 19.6. The largest absolute Gasteiger partial charge is 0.495 e. The Labute approximate surface area is 197 Å². The van der Waals surface area contributed by atoms with Crippen molar-refractivity contribution < 1.29 is 14.1 Å². The van der Waals surface area contributed by atoms with E-state index in [1.165, 1.54) is 0 Å². The Morgan fingerprint density at radius 2 is 2.00 bits per heavy atom. The Balaban J connectivity index is 1.15. The van der Waals surface area contributed by atoms with E-state index in [4.69, 9.17) is 9.26 Å². The Bertz CT molecular complexity index is 1060. The number of para-hydroxylation sites is 2. The zero-order valence-electron chi connectivity index (χ0n) is 18.9. The molecule has 0 spiro atoms. The second kappa shape index (κ2) is 9.93. The molecule has 9 heteroatoms. The lowest BCUT2D eigenvalue weighted by atomic mass is 9.96. The fraction of sp³-hybridized carbons (Fsp3) is 0.458. The van der Waals surface area contributed by atoms with E-state index in [9.17, 15) is 4.79 Å². The summed E-state index contributed by atoms with van der Waals surface area (Å²) in [4.78, 5) is 25.4. The number of hydrogen-bond acceptors (Lipinski definition) is 8. The van der Waals surface area contributed by atoms with E-state index >= 15 is 0 Å². The number of rotatable bonds is 6. The van der Waals surface area contributed by atoms with Gasteiger partial charge in [0.25, 0.3) is 0 Å². The molecule has 0 radical (unpaired) electrons. The molecule has 1 aromatic carbocycles. The summed E-state index contributed by atoms with van der Waals surface area (Å²) in [5.41, 5.74) is 1.09. The molecule has 0 aliphatic carbocycles. The van der Waals surface area contributed by atoms with E-state index in [2.05, 4.69) is 26.0 Å². The van der Waals surface area contributed by atoms with Crippen LogP contribution in [0.4, 0.5) is 5.69 Å². The second-order valence-corrected chi connectivity index (χ2v) is 9.50. The number of carbonyl (C=O) groups excluding carboxylic acids is 1. The molecule has 2 aliphatic rings. The highest BCUT2D eigenvalue weighted by Gasteiger charge is 2.32. The average molecular weight is 468 g/mol. The summed E-state index contributed by atoms with van der Waals surface area (Å²) in [6.45, 7) is 5.38. The van der Waals surface area contributed by atoms with E-state index in [0.717, 1.165) is 68.4 Å². The maximum atomic E-state index is 13.3. The van der Waals surface area contributed by atoms with E-state index < -0.39 is 0 Å². The van der Waals surface area contributed by atoms with Gasteiger partial charge in [0.05, 0.1) is 30.1 Å². The van der Waals surface area contributed by atoms with Gasteiger partial charge in [-0.2, -0.15) is 4.98 Å². The van der Waals surface area contributed by atoms with E-state index in [-0.39, 0.29) is 11.8 Å². The topological polar surface area (TPSA) is 74.9 Å². The lowest BCUT2D eigenvalue weighted by Gasteiger charge is -2.39. The highest BCUT2D eigenvalue weighted by Crippen LogP contribution is 2.29. The van der Waals surface area contributed by atoms with Crippen LogP contribution >= 0.6 is 11.3 Å². The number of benzene rings is 1. The molecule has 2 aromatic heterocycles. The number of methoxy groups -OCH3 is 1. The summed E-state index contributed by atoms with van der Waals surface area (Å²) in [5.74, 6) is 2.42. The minimum Gasteiger partial charge on any atom is -0.495 e. The quantitative estimate of drug-likeness (QED) is 0.550. The highest BCUT2D eigenvalue weighted by atomic mass is 32.1. The number of thiophene rings is 1. The average Bonchev–Trinajstić information content (AvgIpc) is 3.56. The van der Waals surface area contributed by atoms with Gasteiger partial charge < -0.3 is 19.1 Å². The third-order valence-electron chi connectivity index (χ3n) is 6.44. The smallest absolute Gasteiger partial charge is 0.241 e. The number of aromatic nitrogens is 2. The van der Waals surface area contributed by atoms with Crippen LogP contribution in [0.3, 0.4) is 0 Å². The van der Waals surface area contributed by atoms with Gasteiger partial charge in [-0.05, 0) is 43.0 Å². The molecule has 3 aromatic rings. The summed E-state index contributed by atoms with van der Waals surface area (Å²) < 4.78 is 11.0. The van der Waals surface area contributed by atoms with Gasteiger partial charge in [0.15, 0.2) is 0 Å². The van der Waals surface area contributed by atoms with Crippen molar-refractivity contribution in [2.24, 2.45) is 5.92 Å². The Morgan fingerprint density at radius 1 is 1.15 bits per heavy atom. The molecule has 2 aliphatic heterocycles. The number of nitrogens with zero attached hydrogens (tertiary/aromatic N) is 5. The predicted octanol–water partition coefficient (Wildman–Crippen LogP) is 3.37. The first-order valence-electron chi connectivity index (χ1n) is 11.5. The number of hydrogen-bond donors (Lipinski definition) is 0. The maximum absolute atomic E-state index is 13.3. The Morgan fingerprint density at radius 3 is 2.79 bits per heavy atom. The molecule has 0 saturated carbocycles. The molecule has 4 heterocycles. The molecule has 8 nitrogen and oxygen atoms in total. The molecule has 2 fully saturated rings. The zero-order chi connectivity index (χ0) is 22.6. The zero-order valence-corrected chi connectivity index (χ0v) is 19.7. The molecule has 33 heavy (non-hydrogen) atoms. The second-order valence-electron chi connectivity index (χ2n) is 8.55. The number of piperazine rings is 1. The van der Waals surface area contributed by atoms with Crippen LogP contribution in [-0.4, -0.2) is 72.2 Å². The molecule has 0 bridgehead atoms. The standard InChI is InChI=1S/C24H29N5O3S/c1-31-20-8-3-2-7-19(20)28-11-13-29(14-12-28)24(30)18-6-4-10-27(16-18)17-22-25-23(26-32-22)21-9-5-15-33-21/h2-3,5,7-9,15,18H,4,6,10-14,16-17H2,1H3. The maximum Gasteiger partial charge on any atom is 0.241 e. The van der Waals surface area contributed by atoms with Crippen LogP contribution in [0.1, 0.15) is 18.7 Å². The van der Waals surface area contributed by atoms with E-state index in [1.807, 2.05) is 40.6 Å². The van der Waals surface area contributed by atoms with Crippen molar-refractivity contribution in [3.05, 3.63) is 47.7 Å². The van der Waals surface area contributed by atoms with Crippen molar-refractivity contribution in [1.29, 1.82) is 0 Å². The Hall–Kier alpha value is -2.91. The fourth-order valence-electron chi connectivity index (χ4n) is 4.73. The van der Waals surface area contributed by atoms with Gasteiger partial charge in [0, 0.05) is 32.7 Å². The third kappa shape index (κ3) is 4.89. The number of piperidine rings is 1. The first-order chi connectivity index (χ1) is 16.2. The first kappa shape index (κ1) is 21.9. The lowest BCUT2D eigenvalue weighted by Crippen LogP contribution is -2.52. The van der Waals surface area contributed by atoms with Crippen LogP contribution in [0.15, 0.2) is 46.3 Å². The molecule has 1 amide bonds. The van der Waals surface area contributed by atoms with Gasteiger partial charge in [-0.15, -0.1) is 11.3 Å². The summed E-state index contributed by atoms with van der Waals surface area (Å²) >= 11 is 1.60. The van der Waals surface area contributed by atoms with Gasteiger partial charge >= 0.3 is 0 Å². The van der Waals surface area contributed by atoms with Crippen LogP contribution in [0.2, 0.25) is 0 Å². The third-order valence-corrected chi connectivity index (χ3v) is 7.31. The number of carbonyl (C=O) groups is 1. The molecule has 0 N–H and O–H groups in total. The SMILES string of the molecule is COc1ccccc1N1CCN(C(=O)C2CCCN(Cc3nc(-c4cccs4)no3)C2)CC1. The summed E-state index contributed by atoms with van der Waals surface area (Å²) in [5, 5.41) is 6.11. The first-order valence-corrected chi connectivity index (χ1v) is 12.3. The fourth-order valence-corrected chi connectivity index (χ4v) is 5.38. The van der Waals surface area contributed by atoms with Crippen molar-refractivity contribution >= 4 is 22.9 Å². The van der Waals surface area contributed by atoms with E-state index in [1.54, 1.807) is 18.4 Å². The number of likely N-dealkylation sites (tertiary alicyclic amines) is 1. The van der Waals surface area contributed by atoms with Crippen LogP contribution in [0, 0.1) is 5.92 Å². The van der Waals surface area contributed by atoms with Gasteiger partial charge in [-0.25, -0.2) is 0 Å². The molecule has 1 atom stereocenters. The number of anilines is 1. The van der Waals surface area contributed by atoms with Crippen molar-refractivity contribution in [3.63, 3.8) is 0 Å². The van der Waals surface area contributed by atoms with Crippen molar-refractivity contribution in [3.8, 4) is 16.5 Å². The van der Waals surface area contributed by atoms with Gasteiger partial charge in [-0.1, -0.05) is 23.4 Å². The highest BCUT2D eigenvalue weighted by molar-refractivity contribution is 7.13. The molecule has 2 saturated heterocycles. The predicted molar refractivity (Wildman–Crippen MR) is 127 cm³/mol. The van der Waals surface area contributed by atoms with Crippen LogP contribution < -0.4 is 9.64 Å². The Kier molecular flexibility index (Phi) is 6.59. The number of ether oxygens (including phenoxy) is 1.